The molecule has 0 bridgehead atoms. The van der Waals surface area contributed by atoms with Gasteiger partial charge in [0.1, 0.15) is 17.9 Å². The van der Waals surface area contributed by atoms with Gasteiger partial charge in [0.2, 0.25) is 5.91 Å². The molecule has 1 heterocycles. The van der Waals surface area contributed by atoms with Crippen molar-refractivity contribution < 1.29 is 24.2 Å². The number of nitrogens with one attached hydrogen (secondary N) is 1. The summed E-state index contributed by atoms with van der Waals surface area (Å²) < 4.78 is 6.29. The van der Waals surface area contributed by atoms with E-state index in [4.69, 9.17) is 4.74 Å². The summed E-state index contributed by atoms with van der Waals surface area (Å²) in [5.41, 5.74) is 1.09. The number of nitrogens with zero attached hydrogens (tertiary/aromatic N) is 1. The predicted octanol–water partition coefficient (Wildman–Crippen LogP) is 1.32. The number of carbonyl (C=O) groups excluding carboxylic acids is 2. The fourth-order valence-corrected chi connectivity index (χ4v) is 1.96. The number of hydrogen-bond acceptors (Lipinski definition) is 4. The molecule has 0 spiro atoms. The number of amides is 1. The Hall–Kier alpha value is -2.31. The van der Waals surface area contributed by atoms with E-state index in [1.54, 1.807) is 20.8 Å². The summed E-state index contributed by atoms with van der Waals surface area (Å²) in [6.07, 6.45) is 0. The van der Waals surface area contributed by atoms with Gasteiger partial charge in [-0.3, -0.25) is 9.59 Å². The summed E-state index contributed by atoms with van der Waals surface area (Å²) in [7, 11) is 0. The summed E-state index contributed by atoms with van der Waals surface area (Å²) in [6.45, 7) is 6.36. The van der Waals surface area contributed by atoms with Gasteiger partial charge in [0.25, 0.3) is 0 Å². The molecule has 110 valence electrons. The van der Waals surface area contributed by atoms with Gasteiger partial charge in [-0.15, -0.1) is 0 Å². The lowest BCUT2D eigenvalue weighted by molar-refractivity contribution is -0.143. The lowest BCUT2D eigenvalue weighted by atomic mass is 10.1. The molecule has 0 saturated heterocycles. The number of carboxylic acids is 1. The SMILES string of the molecule is CCOC(=O)Cn1c(C)c(C)c(C(=O)O)c1NC(C)=O. The fourth-order valence-electron chi connectivity index (χ4n) is 1.96. The van der Waals surface area contributed by atoms with Crippen molar-refractivity contribution in [2.45, 2.75) is 34.2 Å². The van der Waals surface area contributed by atoms with E-state index in [0.717, 1.165) is 0 Å². The molecule has 1 amide bonds. The van der Waals surface area contributed by atoms with Crippen molar-refractivity contribution in [2.24, 2.45) is 0 Å². The van der Waals surface area contributed by atoms with Gasteiger partial charge in [-0.05, 0) is 26.3 Å². The zero-order chi connectivity index (χ0) is 15.4. The second-order valence-electron chi connectivity index (χ2n) is 4.31. The van der Waals surface area contributed by atoms with Gasteiger partial charge < -0.3 is 19.7 Å². The predicted molar refractivity (Wildman–Crippen MR) is 71.8 cm³/mol. The van der Waals surface area contributed by atoms with Crippen LogP contribution in [0.15, 0.2) is 0 Å². The molecule has 0 radical (unpaired) electrons. The minimum absolute atomic E-state index is 0.0120. The van der Waals surface area contributed by atoms with Crippen LogP contribution in [0.3, 0.4) is 0 Å². The summed E-state index contributed by atoms with van der Waals surface area (Å²) in [5.74, 6) is -1.95. The molecule has 0 aliphatic carbocycles. The number of hydrogen-bond donors (Lipinski definition) is 2. The molecular formula is C13H18N2O5. The van der Waals surface area contributed by atoms with Gasteiger partial charge in [-0.2, -0.15) is 0 Å². The number of aromatic carboxylic acids is 1. The third-order valence-electron chi connectivity index (χ3n) is 2.93. The Labute approximate surface area is 116 Å². The molecule has 0 saturated carbocycles. The van der Waals surface area contributed by atoms with E-state index >= 15 is 0 Å². The van der Waals surface area contributed by atoms with Crippen molar-refractivity contribution in [1.29, 1.82) is 0 Å². The summed E-state index contributed by atoms with van der Waals surface area (Å²) in [6, 6.07) is 0. The van der Waals surface area contributed by atoms with Crippen LogP contribution < -0.4 is 5.32 Å². The summed E-state index contributed by atoms with van der Waals surface area (Å²) in [4.78, 5) is 34.1. The van der Waals surface area contributed by atoms with Crippen LogP contribution in [-0.4, -0.2) is 34.1 Å². The first-order valence-corrected chi connectivity index (χ1v) is 6.15. The van der Waals surface area contributed by atoms with Crippen molar-refractivity contribution in [3.63, 3.8) is 0 Å². The summed E-state index contributed by atoms with van der Waals surface area (Å²) >= 11 is 0. The fraction of sp³-hybridized carbons (Fsp3) is 0.462. The van der Waals surface area contributed by atoms with Gasteiger partial charge in [0.15, 0.2) is 0 Å². The Bertz CT molecular complexity index is 560. The van der Waals surface area contributed by atoms with Crippen LogP contribution in [0.1, 0.15) is 35.5 Å². The Morgan fingerprint density at radius 1 is 1.30 bits per heavy atom. The highest BCUT2D eigenvalue weighted by molar-refractivity contribution is 6.01. The number of rotatable bonds is 5. The quantitative estimate of drug-likeness (QED) is 0.794. The second-order valence-corrected chi connectivity index (χ2v) is 4.31. The van der Waals surface area contributed by atoms with Gasteiger partial charge in [0.05, 0.1) is 6.61 Å². The Morgan fingerprint density at radius 3 is 2.35 bits per heavy atom. The van der Waals surface area contributed by atoms with Crippen LogP contribution in [0.4, 0.5) is 5.82 Å². The van der Waals surface area contributed by atoms with Gasteiger partial charge in [-0.1, -0.05) is 0 Å². The molecule has 1 aromatic heterocycles. The first kappa shape index (κ1) is 15.7. The standard InChI is InChI=1S/C13H18N2O5/c1-5-20-10(17)6-15-8(3)7(2)11(13(18)19)12(15)14-9(4)16/h5-6H2,1-4H3,(H,14,16)(H,18,19). The number of ether oxygens (including phenoxy) is 1. The maximum Gasteiger partial charge on any atom is 0.339 e. The van der Waals surface area contributed by atoms with Crippen molar-refractivity contribution in [1.82, 2.24) is 4.57 Å². The van der Waals surface area contributed by atoms with E-state index in [1.165, 1.54) is 11.5 Å². The first-order chi connectivity index (χ1) is 9.29. The molecule has 0 fully saturated rings. The topological polar surface area (TPSA) is 97.6 Å². The molecule has 1 aromatic rings. The van der Waals surface area contributed by atoms with E-state index in [9.17, 15) is 19.5 Å². The Balaban J connectivity index is 3.33. The van der Waals surface area contributed by atoms with E-state index in [1.807, 2.05) is 0 Å². The number of carboxylic acid groups (broad SMARTS) is 1. The lowest BCUT2D eigenvalue weighted by Gasteiger charge is -2.11. The summed E-state index contributed by atoms with van der Waals surface area (Å²) in [5, 5.41) is 11.7. The largest absolute Gasteiger partial charge is 0.478 e. The van der Waals surface area contributed by atoms with Crippen molar-refractivity contribution in [3.8, 4) is 0 Å². The van der Waals surface area contributed by atoms with Crippen LogP contribution in [0, 0.1) is 13.8 Å². The van der Waals surface area contributed by atoms with E-state index in [2.05, 4.69) is 5.32 Å². The first-order valence-electron chi connectivity index (χ1n) is 6.15. The smallest absolute Gasteiger partial charge is 0.339 e. The molecule has 0 aliphatic rings. The number of esters is 1. The minimum Gasteiger partial charge on any atom is -0.478 e. The second kappa shape index (κ2) is 6.23. The minimum atomic E-state index is -1.16. The highest BCUT2D eigenvalue weighted by Crippen LogP contribution is 2.27. The Kier molecular flexibility index (Phi) is 4.90. The molecule has 7 heteroatoms. The van der Waals surface area contributed by atoms with Gasteiger partial charge in [-0.25, -0.2) is 4.79 Å². The average molecular weight is 282 g/mol. The highest BCUT2D eigenvalue weighted by Gasteiger charge is 2.24. The van der Waals surface area contributed by atoms with Gasteiger partial charge >= 0.3 is 11.9 Å². The maximum atomic E-state index is 11.6. The average Bonchev–Trinajstić information content (AvgIpc) is 2.53. The lowest BCUT2D eigenvalue weighted by Crippen LogP contribution is -2.19. The molecule has 0 unspecified atom stereocenters. The zero-order valence-electron chi connectivity index (χ0n) is 11.9. The number of anilines is 1. The van der Waals surface area contributed by atoms with Gasteiger partial charge in [0, 0.05) is 12.6 Å². The van der Waals surface area contributed by atoms with E-state index in [-0.39, 0.29) is 24.5 Å². The molecule has 0 aliphatic heterocycles. The molecule has 0 aromatic carbocycles. The zero-order valence-corrected chi connectivity index (χ0v) is 11.9. The van der Waals surface area contributed by atoms with Crippen LogP contribution in [0.25, 0.3) is 0 Å². The van der Waals surface area contributed by atoms with E-state index < -0.39 is 17.8 Å². The van der Waals surface area contributed by atoms with Crippen LogP contribution >= 0.6 is 0 Å². The molecule has 7 nitrogen and oxygen atoms in total. The molecule has 1 rings (SSSR count). The molecule has 2 N–H and O–H groups in total. The van der Waals surface area contributed by atoms with Crippen LogP contribution in [0.2, 0.25) is 0 Å². The maximum absolute atomic E-state index is 11.6. The molecular weight excluding hydrogens is 264 g/mol. The van der Waals surface area contributed by atoms with E-state index in [0.29, 0.717) is 11.3 Å². The molecule has 20 heavy (non-hydrogen) atoms. The molecule has 0 atom stereocenters. The third kappa shape index (κ3) is 3.17. The van der Waals surface area contributed by atoms with Crippen molar-refractivity contribution >= 4 is 23.7 Å². The number of aromatic nitrogens is 1. The Morgan fingerprint density at radius 2 is 1.90 bits per heavy atom. The van der Waals surface area contributed by atoms with Crippen molar-refractivity contribution in [3.05, 3.63) is 16.8 Å². The normalized spacial score (nSPS) is 10.2. The van der Waals surface area contributed by atoms with Crippen LogP contribution in [-0.2, 0) is 20.9 Å². The highest BCUT2D eigenvalue weighted by atomic mass is 16.5. The third-order valence-corrected chi connectivity index (χ3v) is 2.93. The number of carbonyl (C=O) groups is 3. The monoisotopic (exact) mass is 282 g/mol. The van der Waals surface area contributed by atoms with Crippen LogP contribution in [0.5, 0.6) is 0 Å². The van der Waals surface area contributed by atoms with Crippen molar-refractivity contribution in [2.75, 3.05) is 11.9 Å².